The molecule has 3 N–H and O–H groups in total. The summed E-state index contributed by atoms with van der Waals surface area (Å²) in [6, 6.07) is 8.95. The molecular formula is C15H18N4OS. The van der Waals surface area contributed by atoms with Crippen molar-refractivity contribution in [3.05, 3.63) is 47.3 Å². The van der Waals surface area contributed by atoms with Crippen LogP contribution in [0.1, 0.15) is 35.6 Å². The molecule has 0 atom stereocenters. The summed E-state index contributed by atoms with van der Waals surface area (Å²) in [4.78, 5) is 12.7. The third kappa shape index (κ3) is 3.46. The number of anilines is 1. The number of aromatic nitrogens is 2. The van der Waals surface area contributed by atoms with Crippen molar-refractivity contribution in [3.8, 4) is 0 Å². The lowest BCUT2D eigenvalue weighted by molar-refractivity contribution is 0.101. The summed E-state index contributed by atoms with van der Waals surface area (Å²) in [5.74, 6) is -0.174. The fourth-order valence-electron chi connectivity index (χ4n) is 1.98. The fraction of sp³-hybridized carbons (Fsp3) is 0.267. The van der Waals surface area contributed by atoms with Crippen LogP contribution in [-0.2, 0) is 13.0 Å². The van der Waals surface area contributed by atoms with Crippen LogP contribution in [0.4, 0.5) is 5.69 Å². The van der Waals surface area contributed by atoms with Crippen molar-refractivity contribution >= 4 is 28.8 Å². The van der Waals surface area contributed by atoms with Crippen molar-refractivity contribution in [1.29, 1.82) is 0 Å². The molecule has 1 heterocycles. The van der Waals surface area contributed by atoms with Crippen molar-refractivity contribution in [1.82, 2.24) is 9.78 Å². The van der Waals surface area contributed by atoms with Gasteiger partial charge >= 0.3 is 0 Å². The monoisotopic (exact) mass is 302 g/mol. The molecule has 0 saturated carbocycles. The maximum atomic E-state index is 12.3. The van der Waals surface area contributed by atoms with Gasteiger partial charge < -0.3 is 11.1 Å². The van der Waals surface area contributed by atoms with Crippen LogP contribution < -0.4 is 11.1 Å². The summed E-state index contributed by atoms with van der Waals surface area (Å²) in [6.07, 6.45) is 0.802. The average molecular weight is 302 g/mol. The van der Waals surface area contributed by atoms with Gasteiger partial charge in [0.2, 0.25) is 0 Å². The van der Waals surface area contributed by atoms with E-state index >= 15 is 0 Å². The Morgan fingerprint density at radius 1 is 1.33 bits per heavy atom. The summed E-state index contributed by atoms with van der Waals surface area (Å²) >= 11 is 4.90. The number of nitrogens with two attached hydrogens (primary N) is 1. The van der Waals surface area contributed by atoms with E-state index in [1.807, 2.05) is 19.9 Å². The molecule has 2 aromatic rings. The Kier molecular flexibility index (Phi) is 4.70. The highest BCUT2D eigenvalue weighted by Crippen LogP contribution is 2.13. The van der Waals surface area contributed by atoms with E-state index in [1.54, 1.807) is 28.9 Å². The van der Waals surface area contributed by atoms with Crippen LogP contribution in [0.5, 0.6) is 0 Å². The van der Waals surface area contributed by atoms with Crippen molar-refractivity contribution < 1.29 is 4.79 Å². The van der Waals surface area contributed by atoms with Gasteiger partial charge in [0.15, 0.2) is 0 Å². The van der Waals surface area contributed by atoms with Crippen LogP contribution in [0.3, 0.4) is 0 Å². The van der Waals surface area contributed by atoms with Gasteiger partial charge in [-0.3, -0.25) is 9.48 Å². The lowest BCUT2D eigenvalue weighted by Gasteiger charge is -2.07. The first-order valence-electron chi connectivity index (χ1n) is 6.83. The van der Waals surface area contributed by atoms with Gasteiger partial charge in [-0.15, -0.1) is 0 Å². The first-order valence-corrected chi connectivity index (χ1v) is 7.24. The quantitative estimate of drug-likeness (QED) is 0.832. The van der Waals surface area contributed by atoms with E-state index in [9.17, 15) is 4.79 Å². The topological polar surface area (TPSA) is 72.9 Å². The number of carbonyl (C=O) groups excluding carboxylic acids is 1. The predicted octanol–water partition coefficient (Wildman–Crippen LogP) is 2.35. The Morgan fingerprint density at radius 2 is 2.00 bits per heavy atom. The Hall–Kier alpha value is -2.21. The van der Waals surface area contributed by atoms with Crippen LogP contribution in [0.2, 0.25) is 0 Å². The van der Waals surface area contributed by atoms with E-state index in [-0.39, 0.29) is 5.91 Å². The minimum absolute atomic E-state index is 0.174. The highest BCUT2D eigenvalue weighted by Gasteiger charge is 2.14. The van der Waals surface area contributed by atoms with E-state index in [1.165, 1.54) is 0 Å². The summed E-state index contributed by atoms with van der Waals surface area (Å²) in [5.41, 5.74) is 8.48. The van der Waals surface area contributed by atoms with Gasteiger partial charge in [-0.2, -0.15) is 5.10 Å². The zero-order valence-corrected chi connectivity index (χ0v) is 12.9. The SMILES string of the molecule is CCc1cc(C(=O)Nc2ccc(C(N)=S)cc2)n(CC)n1. The van der Waals surface area contributed by atoms with Gasteiger partial charge in [0.25, 0.3) is 5.91 Å². The molecule has 0 saturated heterocycles. The minimum Gasteiger partial charge on any atom is -0.389 e. The van der Waals surface area contributed by atoms with E-state index in [0.717, 1.165) is 17.7 Å². The summed E-state index contributed by atoms with van der Waals surface area (Å²) in [5, 5.41) is 7.22. The van der Waals surface area contributed by atoms with E-state index in [0.29, 0.717) is 22.9 Å². The van der Waals surface area contributed by atoms with Crippen LogP contribution in [0.15, 0.2) is 30.3 Å². The highest BCUT2D eigenvalue weighted by atomic mass is 32.1. The van der Waals surface area contributed by atoms with E-state index in [4.69, 9.17) is 18.0 Å². The van der Waals surface area contributed by atoms with Gasteiger partial charge in [0.1, 0.15) is 10.7 Å². The van der Waals surface area contributed by atoms with Crippen molar-refractivity contribution in [3.63, 3.8) is 0 Å². The van der Waals surface area contributed by atoms with Gasteiger partial charge in [0, 0.05) is 17.8 Å². The first kappa shape index (κ1) is 15.2. The van der Waals surface area contributed by atoms with Gasteiger partial charge in [-0.1, -0.05) is 19.1 Å². The number of nitrogens with zero attached hydrogens (tertiary/aromatic N) is 2. The molecule has 0 aliphatic rings. The number of aryl methyl sites for hydroxylation is 2. The number of hydrogen-bond donors (Lipinski definition) is 2. The number of hydrogen-bond acceptors (Lipinski definition) is 3. The molecule has 1 aromatic heterocycles. The smallest absolute Gasteiger partial charge is 0.273 e. The van der Waals surface area contributed by atoms with Crippen LogP contribution >= 0.6 is 12.2 Å². The molecule has 0 radical (unpaired) electrons. The third-order valence-corrected chi connectivity index (χ3v) is 3.39. The Morgan fingerprint density at radius 3 is 2.52 bits per heavy atom. The number of benzene rings is 1. The van der Waals surface area contributed by atoms with Crippen LogP contribution in [0.25, 0.3) is 0 Å². The lowest BCUT2D eigenvalue weighted by Crippen LogP contribution is -2.17. The molecule has 0 spiro atoms. The number of carbonyl (C=O) groups is 1. The zero-order valence-electron chi connectivity index (χ0n) is 12.1. The largest absolute Gasteiger partial charge is 0.389 e. The van der Waals surface area contributed by atoms with Crippen molar-refractivity contribution in [2.45, 2.75) is 26.8 Å². The number of thiocarbonyl (C=S) groups is 1. The molecule has 0 aliphatic heterocycles. The molecule has 0 unspecified atom stereocenters. The van der Waals surface area contributed by atoms with Gasteiger partial charge in [0.05, 0.1) is 5.69 Å². The zero-order chi connectivity index (χ0) is 15.4. The second-order valence-electron chi connectivity index (χ2n) is 4.59. The normalized spacial score (nSPS) is 10.4. The van der Waals surface area contributed by atoms with Gasteiger partial charge in [-0.25, -0.2) is 0 Å². The molecular weight excluding hydrogens is 284 g/mol. The Labute approximate surface area is 129 Å². The second-order valence-corrected chi connectivity index (χ2v) is 5.03. The summed E-state index contributed by atoms with van der Waals surface area (Å²) in [6.45, 7) is 4.63. The molecule has 6 heteroatoms. The fourth-order valence-corrected chi connectivity index (χ4v) is 2.12. The molecule has 110 valence electrons. The molecule has 21 heavy (non-hydrogen) atoms. The number of rotatable bonds is 5. The molecule has 5 nitrogen and oxygen atoms in total. The van der Waals surface area contributed by atoms with Crippen molar-refractivity contribution in [2.24, 2.45) is 5.73 Å². The number of nitrogens with one attached hydrogen (secondary N) is 1. The molecule has 1 aromatic carbocycles. The molecule has 1 amide bonds. The third-order valence-electron chi connectivity index (χ3n) is 3.15. The van der Waals surface area contributed by atoms with E-state index < -0.39 is 0 Å². The standard InChI is InChI=1S/C15H18N4OS/c1-3-11-9-13(19(4-2)18-11)15(20)17-12-7-5-10(6-8-12)14(16)21/h5-9H,3-4H2,1-2H3,(H2,16,21)(H,17,20). The molecule has 2 rings (SSSR count). The number of amides is 1. The Balaban J connectivity index is 2.17. The van der Waals surface area contributed by atoms with Crippen molar-refractivity contribution in [2.75, 3.05) is 5.32 Å². The van der Waals surface area contributed by atoms with Crippen LogP contribution in [-0.4, -0.2) is 20.7 Å². The summed E-state index contributed by atoms with van der Waals surface area (Å²) in [7, 11) is 0. The highest BCUT2D eigenvalue weighted by molar-refractivity contribution is 7.80. The average Bonchev–Trinajstić information content (AvgIpc) is 2.91. The lowest BCUT2D eigenvalue weighted by atomic mass is 10.2. The van der Waals surface area contributed by atoms with Gasteiger partial charge in [-0.05, 0) is 43.7 Å². The van der Waals surface area contributed by atoms with E-state index in [2.05, 4.69) is 10.4 Å². The summed E-state index contributed by atoms with van der Waals surface area (Å²) < 4.78 is 1.71. The first-order chi connectivity index (χ1) is 10.0. The maximum Gasteiger partial charge on any atom is 0.273 e. The maximum absolute atomic E-state index is 12.3. The van der Waals surface area contributed by atoms with Crippen LogP contribution in [0, 0.1) is 0 Å². The Bertz CT molecular complexity index is 661. The molecule has 0 aliphatic carbocycles. The minimum atomic E-state index is -0.174. The second kappa shape index (κ2) is 6.49. The molecule has 0 bridgehead atoms. The molecule has 0 fully saturated rings. The predicted molar refractivity (Wildman–Crippen MR) is 87.6 cm³/mol.